The maximum atomic E-state index is 12.2. The van der Waals surface area contributed by atoms with Gasteiger partial charge in [0.2, 0.25) is 0 Å². The lowest BCUT2D eigenvalue weighted by Gasteiger charge is -2.12. The summed E-state index contributed by atoms with van der Waals surface area (Å²) in [7, 11) is 0. The van der Waals surface area contributed by atoms with Gasteiger partial charge >= 0.3 is 6.03 Å². The Morgan fingerprint density at radius 1 is 1.26 bits per heavy atom. The van der Waals surface area contributed by atoms with Crippen LogP contribution in [-0.2, 0) is 11.3 Å². The van der Waals surface area contributed by atoms with Crippen molar-refractivity contribution in [3.63, 3.8) is 0 Å². The van der Waals surface area contributed by atoms with E-state index in [4.69, 9.17) is 9.47 Å². The van der Waals surface area contributed by atoms with Crippen molar-refractivity contribution in [1.29, 1.82) is 0 Å². The molecule has 1 aromatic carbocycles. The average Bonchev–Trinajstić information content (AvgIpc) is 3.35. The molecule has 140 valence electrons. The van der Waals surface area contributed by atoms with Crippen molar-refractivity contribution in [2.24, 2.45) is 0 Å². The second kappa shape index (κ2) is 8.05. The Hall–Kier alpha value is -3.13. The Kier molecular flexibility index (Phi) is 5.15. The maximum absolute atomic E-state index is 12.2. The van der Waals surface area contributed by atoms with Gasteiger partial charge in [-0.05, 0) is 37.1 Å². The van der Waals surface area contributed by atoms with Gasteiger partial charge in [0.1, 0.15) is 12.4 Å². The van der Waals surface area contributed by atoms with Gasteiger partial charge in [-0.3, -0.25) is 4.40 Å². The van der Waals surface area contributed by atoms with E-state index in [0.717, 1.165) is 25.1 Å². The zero-order chi connectivity index (χ0) is 18.5. The molecule has 1 unspecified atom stereocenters. The molecular formula is C19H21N5O3. The Morgan fingerprint density at radius 3 is 3.11 bits per heavy atom. The molecule has 8 heteroatoms. The smallest absolute Gasteiger partial charge is 0.319 e. The van der Waals surface area contributed by atoms with Crippen molar-refractivity contribution in [1.82, 2.24) is 19.9 Å². The Morgan fingerprint density at radius 2 is 2.22 bits per heavy atom. The van der Waals surface area contributed by atoms with Crippen LogP contribution >= 0.6 is 0 Å². The number of nitrogens with zero attached hydrogens (tertiary/aromatic N) is 3. The molecule has 2 N–H and O–H groups in total. The number of rotatable bonds is 6. The maximum Gasteiger partial charge on any atom is 0.319 e. The predicted molar refractivity (Wildman–Crippen MR) is 99.8 cm³/mol. The van der Waals surface area contributed by atoms with E-state index < -0.39 is 0 Å². The number of hydrogen-bond donors (Lipinski definition) is 2. The number of amides is 2. The number of pyridine rings is 1. The van der Waals surface area contributed by atoms with Gasteiger partial charge in [-0.2, -0.15) is 0 Å². The zero-order valence-corrected chi connectivity index (χ0v) is 14.8. The van der Waals surface area contributed by atoms with E-state index in [1.165, 1.54) is 0 Å². The lowest BCUT2D eigenvalue weighted by Crippen LogP contribution is -2.29. The number of hydrogen-bond acceptors (Lipinski definition) is 5. The summed E-state index contributed by atoms with van der Waals surface area (Å²) < 4.78 is 13.1. The molecule has 1 saturated heterocycles. The highest BCUT2D eigenvalue weighted by Gasteiger charge is 2.16. The van der Waals surface area contributed by atoms with E-state index in [2.05, 4.69) is 20.8 Å². The van der Waals surface area contributed by atoms with Crippen LogP contribution in [0.25, 0.3) is 5.65 Å². The largest absolute Gasteiger partial charge is 0.491 e. The Labute approximate surface area is 156 Å². The summed E-state index contributed by atoms with van der Waals surface area (Å²) in [5.74, 6) is 1.36. The van der Waals surface area contributed by atoms with Crippen LogP contribution in [0.2, 0.25) is 0 Å². The first kappa shape index (κ1) is 17.3. The van der Waals surface area contributed by atoms with Gasteiger partial charge in [-0.1, -0.05) is 12.1 Å². The SMILES string of the molecule is O=C(NCc1nnc2ccccn12)Nc1cccc(OCC2CCCO2)c1. The molecule has 0 spiro atoms. The van der Waals surface area contributed by atoms with Gasteiger partial charge in [-0.15, -0.1) is 10.2 Å². The molecule has 1 atom stereocenters. The van der Waals surface area contributed by atoms with Gasteiger partial charge in [0.25, 0.3) is 0 Å². The fraction of sp³-hybridized carbons (Fsp3) is 0.316. The summed E-state index contributed by atoms with van der Waals surface area (Å²) in [5, 5.41) is 13.7. The van der Waals surface area contributed by atoms with E-state index in [1.54, 1.807) is 6.07 Å². The van der Waals surface area contributed by atoms with E-state index in [1.807, 2.05) is 47.0 Å². The topological polar surface area (TPSA) is 89.8 Å². The minimum Gasteiger partial charge on any atom is -0.491 e. The minimum atomic E-state index is -0.320. The number of benzene rings is 1. The normalized spacial score (nSPS) is 16.4. The molecule has 0 aliphatic carbocycles. The Balaban J connectivity index is 1.30. The lowest BCUT2D eigenvalue weighted by molar-refractivity contribution is 0.0680. The summed E-state index contributed by atoms with van der Waals surface area (Å²) in [4.78, 5) is 12.2. The predicted octanol–water partition coefficient (Wildman–Crippen LogP) is 2.61. The molecule has 0 saturated carbocycles. The molecular weight excluding hydrogens is 346 g/mol. The van der Waals surface area contributed by atoms with Gasteiger partial charge in [-0.25, -0.2) is 4.79 Å². The summed E-state index contributed by atoms with van der Waals surface area (Å²) >= 11 is 0. The van der Waals surface area contributed by atoms with Crippen molar-refractivity contribution >= 4 is 17.4 Å². The van der Waals surface area contributed by atoms with Gasteiger partial charge in [0, 0.05) is 24.6 Å². The summed E-state index contributed by atoms with van der Waals surface area (Å²) in [6.45, 7) is 1.60. The summed E-state index contributed by atoms with van der Waals surface area (Å²) in [6, 6.07) is 12.6. The first-order chi connectivity index (χ1) is 13.3. The molecule has 8 nitrogen and oxygen atoms in total. The zero-order valence-electron chi connectivity index (χ0n) is 14.8. The standard InChI is InChI=1S/C19H21N5O3/c25-19(20-12-18-23-22-17-8-1-2-9-24(17)18)21-14-5-3-6-15(11-14)27-13-16-7-4-10-26-16/h1-3,5-6,8-9,11,16H,4,7,10,12-13H2,(H2,20,21,25). The van der Waals surface area contributed by atoms with Crippen molar-refractivity contribution < 1.29 is 14.3 Å². The summed E-state index contributed by atoms with van der Waals surface area (Å²) in [5.41, 5.74) is 1.40. The van der Waals surface area contributed by atoms with E-state index in [9.17, 15) is 4.79 Å². The van der Waals surface area contributed by atoms with Crippen LogP contribution in [-0.4, -0.2) is 39.9 Å². The van der Waals surface area contributed by atoms with Gasteiger partial charge < -0.3 is 20.1 Å². The molecule has 2 amide bonds. The molecule has 3 heterocycles. The quantitative estimate of drug-likeness (QED) is 0.699. The summed E-state index contributed by atoms with van der Waals surface area (Å²) in [6.07, 6.45) is 4.12. The van der Waals surface area contributed by atoms with E-state index in [-0.39, 0.29) is 18.7 Å². The fourth-order valence-electron chi connectivity index (χ4n) is 2.97. The number of urea groups is 1. The molecule has 1 aliphatic rings. The second-order valence-electron chi connectivity index (χ2n) is 6.33. The third-order valence-electron chi connectivity index (χ3n) is 4.34. The Bertz CT molecular complexity index is 920. The number of fused-ring (bicyclic) bond motifs is 1. The lowest BCUT2D eigenvalue weighted by atomic mass is 10.2. The van der Waals surface area contributed by atoms with E-state index >= 15 is 0 Å². The van der Waals surface area contributed by atoms with Gasteiger partial charge in [0.05, 0.1) is 12.6 Å². The molecule has 0 bridgehead atoms. The molecule has 3 aromatic rings. The number of carbonyl (C=O) groups is 1. The monoisotopic (exact) mass is 367 g/mol. The van der Waals surface area contributed by atoms with Crippen LogP contribution in [0.3, 0.4) is 0 Å². The second-order valence-corrected chi connectivity index (χ2v) is 6.33. The number of anilines is 1. The number of carbonyl (C=O) groups excluding carboxylic acids is 1. The number of nitrogens with one attached hydrogen (secondary N) is 2. The minimum absolute atomic E-state index is 0.155. The average molecular weight is 367 g/mol. The van der Waals surface area contributed by atoms with Crippen LogP contribution in [0, 0.1) is 0 Å². The van der Waals surface area contributed by atoms with Gasteiger partial charge in [0.15, 0.2) is 11.5 Å². The highest BCUT2D eigenvalue weighted by molar-refractivity contribution is 5.89. The molecule has 0 radical (unpaired) electrons. The third kappa shape index (κ3) is 4.35. The molecule has 2 aromatic heterocycles. The van der Waals surface area contributed by atoms with Crippen molar-refractivity contribution in [2.45, 2.75) is 25.5 Å². The van der Waals surface area contributed by atoms with Crippen LogP contribution < -0.4 is 15.4 Å². The molecule has 4 rings (SSSR count). The first-order valence-electron chi connectivity index (χ1n) is 8.96. The van der Waals surface area contributed by atoms with Crippen LogP contribution in [0.1, 0.15) is 18.7 Å². The number of ether oxygens (including phenoxy) is 2. The van der Waals surface area contributed by atoms with Crippen LogP contribution in [0.15, 0.2) is 48.7 Å². The van der Waals surface area contributed by atoms with E-state index in [0.29, 0.717) is 23.9 Å². The van der Waals surface area contributed by atoms with Crippen LogP contribution in [0.5, 0.6) is 5.75 Å². The first-order valence-corrected chi connectivity index (χ1v) is 8.96. The molecule has 1 fully saturated rings. The van der Waals surface area contributed by atoms with Crippen molar-refractivity contribution in [3.05, 3.63) is 54.5 Å². The van der Waals surface area contributed by atoms with Crippen molar-refractivity contribution in [2.75, 3.05) is 18.5 Å². The third-order valence-corrected chi connectivity index (χ3v) is 4.34. The van der Waals surface area contributed by atoms with Crippen LogP contribution in [0.4, 0.5) is 10.5 Å². The highest BCUT2D eigenvalue weighted by Crippen LogP contribution is 2.19. The highest BCUT2D eigenvalue weighted by atomic mass is 16.5. The van der Waals surface area contributed by atoms with Crippen molar-refractivity contribution in [3.8, 4) is 5.75 Å². The fourth-order valence-corrected chi connectivity index (χ4v) is 2.97. The molecule has 1 aliphatic heterocycles. The number of aromatic nitrogens is 3. The molecule has 27 heavy (non-hydrogen) atoms.